The average Bonchev–Trinajstić information content (AvgIpc) is 2.48. The molecule has 2 radical (unpaired) electrons. The van der Waals surface area contributed by atoms with Crippen LogP contribution in [0.25, 0.3) is 0 Å². The van der Waals surface area contributed by atoms with Gasteiger partial charge in [0.25, 0.3) is 0 Å². The molecule has 0 amide bonds. The number of allylic oxidation sites excluding steroid dienone is 6. The zero-order valence-electron chi connectivity index (χ0n) is 8.43. The minimum absolute atomic E-state index is 0.484. The maximum Gasteiger partial charge on any atom is 0.0423 e. The van der Waals surface area contributed by atoms with Crippen molar-refractivity contribution >= 4 is 0 Å². The summed E-state index contributed by atoms with van der Waals surface area (Å²) in [6.07, 6.45) is 16.4. The third-order valence-electron chi connectivity index (χ3n) is 3.05. The van der Waals surface area contributed by atoms with Gasteiger partial charge in [0, 0.05) is 18.3 Å². The summed E-state index contributed by atoms with van der Waals surface area (Å²) in [7, 11) is 0. The summed E-state index contributed by atoms with van der Waals surface area (Å²) >= 11 is 0. The van der Waals surface area contributed by atoms with Crippen molar-refractivity contribution in [1.82, 2.24) is 0 Å². The molecule has 72 valence electrons. The maximum absolute atomic E-state index is 3.33. The smallest absolute Gasteiger partial charge is 0.0423 e. The number of benzene rings is 1. The van der Waals surface area contributed by atoms with Gasteiger partial charge in [-0.25, -0.2) is 0 Å². The molecule has 0 fully saturated rings. The molecule has 2 aliphatic carbocycles. The Hall–Kier alpha value is -1.56. The van der Waals surface area contributed by atoms with Crippen molar-refractivity contribution < 1.29 is 0 Å². The van der Waals surface area contributed by atoms with Crippen LogP contribution < -0.4 is 0 Å². The first kappa shape index (κ1) is 8.72. The predicted octanol–water partition coefficient (Wildman–Crippen LogP) is 3.51. The SMILES string of the molecule is [C]1C=CC2C=CC=CC2c2ccccc21. The normalized spacial score (nSPS) is 26.9. The summed E-state index contributed by atoms with van der Waals surface area (Å²) in [6.45, 7) is 0. The summed E-state index contributed by atoms with van der Waals surface area (Å²) in [5.74, 6) is 0.976. The standard InChI is InChI=1S/C15H12/c1-3-10-14-12(6-1)8-5-9-13-7-2-4-11-15(13)14/h1-8,10-12,14H. The topological polar surface area (TPSA) is 0 Å². The summed E-state index contributed by atoms with van der Waals surface area (Å²) < 4.78 is 0. The zero-order valence-corrected chi connectivity index (χ0v) is 8.43. The highest BCUT2D eigenvalue weighted by Gasteiger charge is 2.22. The molecule has 0 saturated heterocycles. The quantitative estimate of drug-likeness (QED) is 0.590. The second-order valence-electron chi connectivity index (χ2n) is 3.96. The van der Waals surface area contributed by atoms with Crippen LogP contribution in [0.1, 0.15) is 17.0 Å². The van der Waals surface area contributed by atoms with Gasteiger partial charge < -0.3 is 0 Å². The van der Waals surface area contributed by atoms with Crippen LogP contribution in [0.15, 0.2) is 60.7 Å². The van der Waals surface area contributed by atoms with Gasteiger partial charge in [0.05, 0.1) is 0 Å². The lowest BCUT2D eigenvalue weighted by atomic mass is 9.82. The first-order valence-electron chi connectivity index (χ1n) is 5.32. The van der Waals surface area contributed by atoms with Gasteiger partial charge in [0.1, 0.15) is 0 Å². The van der Waals surface area contributed by atoms with E-state index in [9.17, 15) is 0 Å². The molecule has 2 aliphatic rings. The molecule has 15 heavy (non-hydrogen) atoms. The minimum Gasteiger partial charge on any atom is -0.0797 e. The van der Waals surface area contributed by atoms with Crippen LogP contribution >= 0.6 is 0 Å². The highest BCUT2D eigenvalue weighted by molar-refractivity contribution is 5.45. The van der Waals surface area contributed by atoms with E-state index in [2.05, 4.69) is 61.1 Å². The average molecular weight is 192 g/mol. The van der Waals surface area contributed by atoms with E-state index in [4.69, 9.17) is 0 Å². The van der Waals surface area contributed by atoms with Crippen LogP contribution in [-0.4, -0.2) is 0 Å². The highest BCUT2D eigenvalue weighted by atomic mass is 14.3. The molecule has 0 aromatic heterocycles. The number of hydrogen-bond acceptors (Lipinski definition) is 0. The number of fused-ring (bicyclic) bond motifs is 3. The predicted molar refractivity (Wildman–Crippen MR) is 62.4 cm³/mol. The van der Waals surface area contributed by atoms with Gasteiger partial charge in [0.15, 0.2) is 0 Å². The van der Waals surface area contributed by atoms with Crippen LogP contribution in [0.5, 0.6) is 0 Å². The van der Waals surface area contributed by atoms with E-state index < -0.39 is 0 Å². The van der Waals surface area contributed by atoms with E-state index >= 15 is 0 Å². The second-order valence-corrected chi connectivity index (χ2v) is 3.96. The highest BCUT2D eigenvalue weighted by Crippen LogP contribution is 2.35. The van der Waals surface area contributed by atoms with E-state index in [0.717, 1.165) is 0 Å². The molecular weight excluding hydrogens is 180 g/mol. The van der Waals surface area contributed by atoms with Gasteiger partial charge >= 0.3 is 0 Å². The van der Waals surface area contributed by atoms with E-state index in [1.54, 1.807) is 0 Å². The molecule has 0 nitrogen and oxygen atoms in total. The van der Waals surface area contributed by atoms with Crippen LogP contribution in [0.3, 0.4) is 0 Å². The third kappa shape index (κ3) is 1.46. The molecule has 1 aromatic rings. The van der Waals surface area contributed by atoms with Crippen LogP contribution in [0, 0.1) is 12.3 Å². The Bertz CT molecular complexity index is 449. The van der Waals surface area contributed by atoms with Gasteiger partial charge in [-0.15, -0.1) is 0 Å². The molecule has 0 bridgehead atoms. The zero-order chi connectivity index (χ0) is 10.1. The Morgan fingerprint density at radius 2 is 1.80 bits per heavy atom. The van der Waals surface area contributed by atoms with Crippen molar-refractivity contribution in [2.75, 3.05) is 0 Å². The van der Waals surface area contributed by atoms with Crippen molar-refractivity contribution in [2.24, 2.45) is 5.92 Å². The molecule has 2 atom stereocenters. The molecule has 0 heteroatoms. The fourth-order valence-electron chi connectivity index (χ4n) is 2.29. The Morgan fingerprint density at radius 3 is 2.80 bits per heavy atom. The van der Waals surface area contributed by atoms with E-state index in [-0.39, 0.29) is 0 Å². The molecule has 3 rings (SSSR count). The lowest BCUT2D eigenvalue weighted by molar-refractivity contribution is 0.702. The summed E-state index contributed by atoms with van der Waals surface area (Å²) in [5, 5.41) is 0. The monoisotopic (exact) mass is 192 g/mol. The first-order chi connectivity index (χ1) is 7.45. The van der Waals surface area contributed by atoms with Crippen LogP contribution in [0.2, 0.25) is 0 Å². The molecule has 0 heterocycles. The van der Waals surface area contributed by atoms with Crippen molar-refractivity contribution in [3.05, 3.63) is 78.3 Å². The molecule has 2 unspecified atom stereocenters. The Morgan fingerprint density at radius 1 is 0.933 bits per heavy atom. The Balaban J connectivity index is 2.13. The van der Waals surface area contributed by atoms with E-state index in [0.29, 0.717) is 11.8 Å². The summed E-state index contributed by atoms with van der Waals surface area (Å²) in [6, 6.07) is 8.52. The third-order valence-corrected chi connectivity index (χ3v) is 3.05. The molecule has 0 N–H and O–H groups in total. The summed E-state index contributed by atoms with van der Waals surface area (Å²) in [4.78, 5) is 0. The Kier molecular flexibility index (Phi) is 2.06. The van der Waals surface area contributed by atoms with Gasteiger partial charge in [-0.1, -0.05) is 60.7 Å². The van der Waals surface area contributed by atoms with E-state index in [1.807, 2.05) is 6.08 Å². The fourth-order valence-corrected chi connectivity index (χ4v) is 2.29. The molecule has 1 aromatic carbocycles. The van der Waals surface area contributed by atoms with Gasteiger partial charge in [0.2, 0.25) is 0 Å². The van der Waals surface area contributed by atoms with Crippen LogP contribution in [0.4, 0.5) is 0 Å². The lowest BCUT2D eigenvalue weighted by Crippen LogP contribution is -2.08. The largest absolute Gasteiger partial charge is 0.0797 e. The van der Waals surface area contributed by atoms with Gasteiger partial charge in [-0.05, 0) is 11.1 Å². The molecule has 0 spiro atoms. The van der Waals surface area contributed by atoms with E-state index in [1.165, 1.54) is 11.1 Å². The number of rotatable bonds is 0. The molecule has 0 saturated carbocycles. The van der Waals surface area contributed by atoms with Crippen molar-refractivity contribution in [3.8, 4) is 0 Å². The number of hydrogen-bond donors (Lipinski definition) is 0. The van der Waals surface area contributed by atoms with Gasteiger partial charge in [-0.3, -0.25) is 0 Å². The maximum atomic E-state index is 3.33. The van der Waals surface area contributed by atoms with Gasteiger partial charge in [-0.2, -0.15) is 0 Å². The molecule has 0 aliphatic heterocycles. The van der Waals surface area contributed by atoms with Crippen molar-refractivity contribution in [2.45, 2.75) is 5.92 Å². The minimum atomic E-state index is 0.484. The van der Waals surface area contributed by atoms with Crippen LogP contribution in [-0.2, 0) is 0 Å². The Labute approximate surface area is 90.6 Å². The van der Waals surface area contributed by atoms with Crippen molar-refractivity contribution in [3.63, 3.8) is 0 Å². The van der Waals surface area contributed by atoms with Crippen molar-refractivity contribution in [1.29, 1.82) is 0 Å². The second kappa shape index (κ2) is 3.54. The summed E-state index contributed by atoms with van der Waals surface area (Å²) in [5.41, 5.74) is 2.61. The molecular formula is C15H12. The fraction of sp³-hybridized carbons (Fsp3) is 0.133. The lowest BCUT2D eigenvalue weighted by Gasteiger charge is -2.21. The first-order valence-corrected chi connectivity index (χ1v) is 5.32.